The number of nitrogens with one attached hydrogen (secondary N) is 1. The van der Waals surface area contributed by atoms with Crippen LogP contribution in [0.25, 0.3) is 10.8 Å². The summed E-state index contributed by atoms with van der Waals surface area (Å²) in [6, 6.07) is 18.2. The van der Waals surface area contributed by atoms with Gasteiger partial charge in [0.15, 0.2) is 0 Å². The molecule has 1 aliphatic carbocycles. The predicted molar refractivity (Wildman–Crippen MR) is 109 cm³/mol. The molecule has 3 aromatic rings. The Bertz CT molecular complexity index is 935. The highest BCUT2D eigenvalue weighted by molar-refractivity contribution is 5.93. The number of nitrogens with zero attached hydrogens (tertiary/aromatic N) is 2. The van der Waals surface area contributed by atoms with Gasteiger partial charge in [0, 0.05) is 54.0 Å². The average molecular weight is 359 g/mol. The number of rotatable bonds is 5. The molecule has 0 spiro atoms. The van der Waals surface area contributed by atoms with Crippen molar-refractivity contribution in [1.82, 2.24) is 9.88 Å². The maximum atomic E-state index is 5.28. The summed E-state index contributed by atoms with van der Waals surface area (Å²) in [5, 5.41) is 6.32. The summed E-state index contributed by atoms with van der Waals surface area (Å²) < 4.78 is 5.28. The van der Waals surface area contributed by atoms with Crippen LogP contribution < -0.4 is 10.1 Å². The van der Waals surface area contributed by atoms with Gasteiger partial charge >= 0.3 is 0 Å². The monoisotopic (exact) mass is 359 g/mol. The number of anilines is 1. The second-order valence-corrected chi connectivity index (χ2v) is 7.84. The lowest BCUT2D eigenvalue weighted by molar-refractivity contribution is 0.192. The van der Waals surface area contributed by atoms with Crippen LogP contribution in [0.1, 0.15) is 18.4 Å². The predicted octanol–water partition coefficient (Wildman–Crippen LogP) is 4.32. The molecule has 0 radical (unpaired) electrons. The number of piperidine rings is 1. The van der Waals surface area contributed by atoms with Gasteiger partial charge in [-0.2, -0.15) is 0 Å². The first-order valence-electron chi connectivity index (χ1n) is 9.76. The lowest BCUT2D eigenvalue weighted by Crippen LogP contribution is -2.44. The third kappa shape index (κ3) is 3.15. The molecule has 1 aliphatic heterocycles. The minimum atomic E-state index is 0.515. The minimum Gasteiger partial charge on any atom is -0.497 e. The Labute approximate surface area is 160 Å². The molecule has 1 saturated carbocycles. The lowest BCUT2D eigenvalue weighted by Gasteiger charge is -2.34. The Balaban J connectivity index is 1.33. The van der Waals surface area contributed by atoms with E-state index in [4.69, 9.17) is 4.74 Å². The van der Waals surface area contributed by atoms with Crippen LogP contribution in [0.2, 0.25) is 0 Å². The normalized spacial score (nSPS) is 24.4. The second-order valence-electron chi connectivity index (χ2n) is 7.84. The zero-order valence-electron chi connectivity index (χ0n) is 15.6. The molecule has 4 heteroatoms. The molecular weight excluding hydrogens is 334 g/mol. The zero-order valence-corrected chi connectivity index (χ0v) is 15.6. The molecular formula is C23H25N3O. The van der Waals surface area contributed by atoms with Crippen molar-refractivity contribution in [2.45, 2.75) is 31.5 Å². The summed E-state index contributed by atoms with van der Waals surface area (Å²) in [5.41, 5.74) is 2.59. The first-order valence-corrected chi connectivity index (χ1v) is 9.76. The summed E-state index contributed by atoms with van der Waals surface area (Å²) in [6.45, 7) is 2.23. The highest BCUT2D eigenvalue weighted by Gasteiger charge is 2.44. The van der Waals surface area contributed by atoms with Gasteiger partial charge in [-0.15, -0.1) is 0 Å². The van der Waals surface area contributed by atoms with E-state index in [1.807, 2.05) is 12.4 Å². The first kappa shape index (κ1) is 16.6. The molecule has 27 heavy (non-hydrogen) atoms. The minimum absolute atomic E-state index is 0.515. The molecule has 2 aromatic carbocycles. The number of likely N-dealkylation sites (tertiary alicyclic amines) is 1. The van der Waals surface area contributed by atoms with E-state index in [1.54, 1.807) is 7.11 Å². The van der Waals surface area contributed by atoms with Crippen LogP contribution in [0.3, 0.4) is 0 Å². The van der Waals surface area contributed by atoms with Crippen molar-refractivity contribution in [3.05, 3.63) is 66.5 Å². The van der Waals surface area contributed by atoms with Crippen LogP contribution in [0.15, 0.2) is 60.9 Å². The number of hydrogen-bond acceptors (Lipinski definition) is 4. The van der Waals surface area contributed by atoms with Crippen molar-refractivity contribution in [3.8, 4) is 5.75 Å². The molecule has 3 unspecified atom stereocenters. The fraction of sp³-hybridized carbons (Fsp3) is 0.348. The topological polar surface area (TPSA) is 37.4 Å². The summed E-state index contributed by atoms with van der Waals surface area (Å²) in [6.07, 6.45) is 6.40. The zero-order chi connectivity index (χ0) is 18.2. The van der Waals surface area contributed by atoms with Crippen molar-refractivity contribution >= 4 is 16.5 Å². The number of aromatic nitrogens is 1. The molecule has 1 aromatic heterocycles. The molecule has 1 saturated heterocycles. The van der Waals surface area contributed by atoms with E-state index in [-0.39, 0.29) is 0 Å². The molecule has 1 N–H and O–H groups in total. The summed E-state index contributed by atoms with van der Waals surface area (Å²) in [4.78, 5) is 6.90. The average Bonchev–Trinajstić information content (AvgIpc) is 3.29. The van der Waals surface area contributed by atoms with E-state index in [1.165, 1.54) is 41.4 Å². The molecule has 2 fully saturated rings. The van der Waals surface area contributed by atoms with Gasteiger partial charge in [0.1, 0.15) is 5.75 Å². The lowest BCUT2D eigenvalue weighted by atomic mass is 10.0. The number of ether oxygens (including phenoxy) is 1. The summed E-state index contributed by atoms with van der Waals surface area (Å²) >= 11 is 0. The Morgan fingerprint density at radius 1 is 1.11 bits per heavy atom. The SMILES string of the molecule is COc1ccc(CN2CC3CC(Nc4cccc5cnccc45)C2C3)cc1. The van der Waals surface area contributed by atoms with Crippen LogP contribution >= 0.6 is 0 Å². The second kappa shape index (κ2) is 6.86. The molecule has 2 aliphatic rings. The van der Waals surface area contributed by atoms with E-state index in [9.17, 15) is 0 Å². The Kier molecular flexibility index (Phi) is 4.21. The fourth-order valence-corrected chi connectivity index (χ4v) is 4.89. The largest absolute Gasteiger partial charge is 0.497 e. The number of pyridine rings is 1. The van der Waals surface area contributed by atoms with E-state index < -0.39 is 0 Å². The van der Waals surface area contributed by atoms with Gasteiger partial charge in [-0.1, -0.05) is 24.3 Å². The summed E-state index contributed by atoms with van der Waals surface area (Å²) in [7, 11) is 1.72. The van der Waals surface area contributed by atoms with Crippen LogP contribution in [-0.2, 0) is 6.54 Å². The quantitative estimate of drug-likeness (QED) is 0.736. The van der Waals surface area contributed by atoms with Crippen LogP contribution in [0, 0.1) is 5.92 Å². The standard InChI is InChI=1S/C23H25N3O/c1-27-19-7-5-16(6-8-19)14-26-15-17-11-22(23(26)12-17)25-21-4-2-3-18-13-24-10-9-20(18)21/h2-10,13,17,22-23,25H,11-12,14-15H2,1H3. The molecule has 138 valence electrons. The van der Waals surface area contributed by atoms with Gasteiger partial charge in [0.2, 0.25) is 0 Å². The van der Waals surface area contributed by atoms with Gasteiger partial charge in [0.05, 0.1) is 7.11 Å². The van der Waals surface area contributed by atoms with Crippen molar-refractivity contribution in [3.63, 3.8) is 0 Å². The number of fused-ring (bicyclic) bond motifs is 3. The summed E-state index contributed by atoms with van der Waals surface area (Å²) in [5.74, 6) is 1.73. The molecule has 5 rings (SSSR count). The first-order chi connectivity index (χ1) is 13.3. The van der Waals surface area contributed by atoms with Crippen molar-refractivity contribution in [1.29, 1.82) is 0 Å². The third-order valence-electron chi connectivity index (χ3n) is 6.15. The van der Waals surface area contributed by atoms with Crippen LogP contribution in [-0.4, -0.2) is 35.6 Å². The van der Waals surface area contributed by atoms with Crippen molar-refractivity contribution < 1.29 is 4.74 Å². The third-order valence-corrected chi connectivity index (χ3v) is 6.15. The van der Waals surface area contributed by atoms with Gasteiger partial charge in [-0.25, -0.2) is 0 Å². The Morgan fingerprint density at radius 3 is 2.81 bits per heavy atom. The molecule has 3 atom stereocenters. The number of hydrogen-bond donors (Lipinski definition) is 1. The Morgan fingerprint density at radius 2 is 2.00 bits per heavy atom. The highest BCUT2D eigenvalue weighted by Crippen LogP contribution is 2.40. The van der Waals surface area contributed by atoms with Gasteiger partial charge < -0.3 is 10.1 Å². The number of benzene rings is 2. The highest BCUT2D eigenvalue weighted by atomic mass is 16.5. The molecule has 2 bridgehead atoms. The van der Waals surface area contributed by atoms with Gasteiger partial charge in [0.25, 0.3) is 0 Å². The van der Waals surface area contributed by atoms with Crippen molar-refractivity contribution in [2.24, 2.45) is 5.92 Å². The van der Waals surface area contributed by atoms with E-state index in [2.05, 4.69) is 63.7 Å². The van der Waals surface area contributed by atoms with Crippen molar-refractivity contribution in [2.75, 3.05) is 19.0 Å². The van der Waals surface area contributed by atoms with Gasteiger partial charge in [-0.05, 0) is 48.6 Å². The van der Waals surface area contributed by atoms with Crippen LogP contribution in [0.5, 0.6) is 5.75 Å². The van der Waals surface area contributed by atoms with Crippen LogP contribution in [0.4, 0.5) is 5.69 Å². The van der Waals surface area contributed by atoms with Gasteiger partial charge in [-0.3, -0.25) is 9.88 Å². The molecule has 4 nitrogen and oxygen atoms in total. The maximum absolute atomic E-state index is 5.28. The Hall–Kier alpha value is -2.59. The van der Waals surface area contributed by atoms with E-state index >= 15 is 0 Å². The van der Waals surface area contributed by atoms with E-state index in [0.717, 1.165) is 18.2 Å². The molecule has 0 amide bonds. The maximum Gasteiger partial charge on any atom is 0.118 e. The van der Waals surface area contributed by atoms with E-state index in [0.29, 0.717) is 12.1 Å². The molecule has 2 heterocycles. The fourth-order valence-electron chi connectivity index (χ4n) is 4.89. The number of methoxy groups -OCH3 is 1. The smallest absolute Gasteiger partial charge is 0.118 e.